The van der Waals surface area contributed by atoms with E-state index in [9.17, 15) is 9.18 Å². The van der Waals surface area contributed by atoms with Gasteiger partial charge in [-0.2, -0.15) is 0 Å². The normalized spacial score (nSPS) is 10.4. The first-order chi connectivity index (χ1) is 12.6. The number of amides is 1. The number of hydrogen-bond acceptors (Lipinski definition) is 7. The van der Waals surface area contributed by atoms with Gasteiger partial charge in [0.05, 0.1) is 12.9 Å². The van der Waals surface area contributed by atoms with E-state index >= 15 is 0 Å². The molecule has 0 bridgehead atoms. The summed E-state index contributed by atoms with van der Waals surface area (Å²) in [6.45, 7) is 0. The lowest BCUT2D eigenvalue weighted by molar-refractivity contribution is -0.113. The molecule has 0 fully saturated rings. The van der Waals surface area contributed by atoms with Crippen molar-refractivity contribution in [1.29, 1.82) is 0 Å². The molecule has 0 saturated heterocycles. The predicted molar refractivity (Wildman–Crippen MR) is 102 cm³/mol. The molecule has 0 aliphatic heterocycles. The van der Waals surface area contributed by atoms with Crippen molar-refractivity contribution in [3.8, 4) is 5.75 Å². The number of aromatic nitrogens is 2. The minimum Gasteiger partial charge on any atom is -0.497 e. The van der Waals surface area contributed by atoms with E-state index in [1.54, 1.807) is 19.2 Å². The monoisotopic (exact) mass is 390 g/mol. The highest BCUT2D eigenvalue weighted by atomic mass is 32.2. The second kappa shape index (κ2) is 8.63. The van der Waals surface area contributed by atoms with Crippen LogP contribution in [0.1, 0.15) is 0 Å². The van der Waals surface area contributed by atoms with Gasteiger partial charge in [0.15, 0.2) is 4.34 Å². The average Bonchev–Trinajstić information content (AvgIpc) is 3.07. The Kier molecular flexibility index (Phi) is 6.03. The third-order valence-electron chi connectivity index (χ3n) is 3.16. The molecular weight excluding hydrogens is 375 g/mol. The van der Waals surface area contributed by atoms with Crippen molar-refractivity contribution in [3.05, 3.63) is 54.3 Å². The number of hydrogen-bond donors (Lipinski definition) is 2. The Hall–Kier alpha value is -2.65. The lowest BCUT2D eigenvalue weighted by atomic mass is 10.3. The summed E-state index contributed by atoms with van der Waals surface area (Å²) in [5.74, 6) is 0.263. The number of rotatable bonds is 7. The number of methoxy groups -OCH3 is 1. The number of benzene rings is 2. The SMILES string of the molecule is COc1cccc(Nc2nnc(SCC(=O)Nc3cccc(F)c3)s2)c1. The summed E-state index contributed by atoms with van der Waals surface area (Å²) in [6, 6.07) is 13.2. The van der Waals surface area contributed by atoms with E-state index in [4.69, 9.17) is 4.74 Å². The molecule has 0 radical (unpaired) electrons. The lowest BCUT2D eigenvalue weighted by Crippen LogP contribution is -2.13. The number of carbonyl (C=O) groups excluding carboxylic acids is 1. The van der Waals surface area contributed by atoms with E-state index in [1.165, 1.54) is 35.2 Å². The van der Waals surface area contributed by atoms with Crippen LogP contribution >= 0.6 is 23.1 Å². The van der Waals surface area contributed by atoms with Crippen molar-refractivity contribution in [2.24, 2.45) is 0 Å². The molecule has 0 saturated carbocycles. The maximum absolute atomic E-state index is 13.1. The molecule has 0 atom stereocenters. The van der Waals surface area contributed by atoms with Crippen LogP contribution in [0.5, 0.6) is 5.75 Å². The quantitative estimate of drug-likeness (QED) is 0.590. The second-order valence-electron chi connectivity index (χ2n) is 5.08. The molecule has 134 valence electrons. The first-order valence-corrected chi connectivity index (χ1v) is 9.35. The molecule has 1 aromatic heterocycles. The smallest absolute Gasteiger partial charge is 0.234 e. The highest BCUT2D eigenvalue weighted by Gasteiger charge is 2.09. The summed E-state index contributed by atoms with van der Waals surface area (Å²) in [7, 11) is 1.60. The van der Waals surface area contributed by atoms with Gasteiger partial charge in [-0.15, -0.1) is 10.2 Å². The molecule has 2 aromatic carbocycles. The van der Waals surface area contributed by atoms with Crippen LogP contribution in [0.3, 0.4) is 0 Å². The molecule has 3 aromatic rings. The van der Waals surface area contributed by atoms with E-state index in [-0.39, 0.29) is 11.7 Å². The van der Waals surface area contributed by atoms with Crippen LogP contribution in [-0.2, 0) is 4.79 Å². The first kappa shape index (κ1) is 18.2. The third kappa shape index (κ3) is 5.17. The molecule has 3 rings (SSSR count). The Balaban J connectivity index is 1.52. The number of nitrogens with zero attached hydrogens (tertiary/aromatic N) is 2. The van der Waals surface area contributed by atoms with Gasteiger partial charge >= 0.3 is 0 Å². The zero-order valence-electron chi connectivity index (χ0n) is 13.7. The molecule has 9 heteroatoms. The predicted octanol–water partition coefficient (Wildman–Crippen LogP) is 4.16. The van der Waals surface area contributed by atoms with Gasteiger partial charge in [0, 0.05) is 17.4 Å². The summed E-state index contributed by atoms with van der Waals surface area (Å²) in [4.78, 5) is 11.9. The molecule has 1 heterocycles. The van der Waals surface area contributed by atoms with Gasteiger partial charge in [0.2, 0.25) is 11.0 Å². The van der Waals surface area contributed by atoms with Crippen LogP contribution in [0.25, 0.3) is 0 Å². The largest absolute Gasteiger partial charge is 0.497 e. The van der Waals surface area contributed by atoms with Gasteiger partial charge in [0.25, 0.3) is 0 Å². The molecular formula is C17H15FN4O2S2. The van der Waals surface area contributed by atoms with Gasteiger partial charge in [-0.3, -0.25) is 4.79 Å². The highest BCUT2D eigenvalue weighted by Crippen LogP contribution is 2.28. The average molecular weight is 390 g/mol. The maximum Gasteiger partial charge on any atom is 0.234 e. The number of anilines is 3. The summed E-state index contributed by atoms with van der Waals surface area (Å²) in [5.41, 5.74) is 1.26. The summed E-state index contributed by atoms with van der Waals surface area (Å²) in [6.07, 6.45) is 0. The zero-order valence-corrected chi connectivity index (χ0v) is 15.4. The first-order valence-electron chi connectivity index (χ1n) is 7.55. The molecule has 0 aliphatic rings. The molecule has 0 aliphatic carbocycles. The molecule has 0 spiro atoms. The fourth-order valence-electron chi connectivity index (χ4n) is 2.03. The molecule has 1 amide bonds. The van der Waals surface area contributed by atoms with E-state index in [0.29, 0.717) is 15.2 Å². The summed E-state index contributed by atoms with van der Waals surface area (Å²) < 4.78 is 18.9. The number of carbonyl (C=O) groups is 1. The molecule has 2 N–H and O–H groups in total. The van der Waals surface area contributed by atoms with Gasteiger partial charge in [-0.25, -0.2) is 4.39 Å². The maximum atomic E-state index is 13.1. The summed E-state index contributed by atoms with van der Waals surface area (Å²) in [5, 5.41) is 14.5. The van der Waals surface area contributed by atoms with E-state index in [2.05, 4.69) is 20.8 Å². The Labute approximate surface area is 157 Å². The van der Waals surface area contributed by atoms with Gasteiger partial charge in [-0.05, 0) is 30.3 Å². The fraction of sp³-hybridized carbons (Fsp3) is 0.118. The van der Waals surface area contributed by atoms with Crippen molar-refractivity contribution in [3.63, 3.8) is 0 Å². The van der Waals surface area contributed by atoms with Crippen molar-refractivity contribution >= 4 is 45.5 Å². The third-order valence-corrected chi connectivity index (χ3v) is 5.13. The van der Waals surface area contributed by atoms with E-state index in [0.717, 1.165) is 11.4 Å². The van der Waals surface area contributed by atoms with Crippen LogP contribution in [0, 0.1) is 5.82 Å². The van der Waals surface area contributed by atoms with Crippen LogP contribution < -0.4 is 15.4 Å². The molecule has 26 heavy (non-hydrogen) atoms. The second-order valence-corrected chi connectivity index (χ2v) is 7.28. The minimum absolute atomic E-state index is 0.157. The van der Waals surface area contributed by atoms with Gasteiger partial charge < -0.3 is 15.4 Å². The van der Waals surface area contributed by atoms with Crippen LogP contribution in [-0.4, -0.2) is 29.0 Å². The van der Waals surface area contributed by atoms with Gasteiger partial charge in [0.1, 0.15) is 11.6 Å². The lowest BCUT2D eigenvalue weighted by Gasteiger charge is -2.04. The van der Waals surface area contributed by atoms with Crippen LogP contribution in [0.4, 0.5) is 20.9 Å². The van der Waals surface area contributed by atoms with Crippen molar-refractivity contribution in [2.75, 3.05) is 23.5 Å². The van der Waals surface area contributed by atoms with Crippen molar-refractivity contribution in [1.82, 2.24) is 10.2 Å². The number of ether oxygens (including phenoxy) is 1. The number of thioether (sulfide) groups is 1. The number of nitrogens with one attached hydrogen (secondary N) is 2. The Morgan fingerprint density at radius 1 is 1.19 bits per heavy atom. The van der Waals surface area contributed by atoms with Crippen LogP contribution in [0.15, 0.2) is 52.9 Å². The molecule has 6 nitrogen and oxygen atoms in total. The topological polar surface area (TPSA) is 76.1 Å². The zero-order chi connectivity index (χ0) is 18.4. The standard InChI is InChI=1S/C17H15FN4O2S2/c1-24-14-7-3-6-13(9-14)20-16-21-22-17(26-16)25-10-15(23)19-12-5-2-4-11(18)8-12/h2-9H,10H2,1H3,(H,19,23)(H,20,21). The number of halogens is 1. The van der Waals surface area contributed by atoms with Crippen molar-refractivity contribution < 1.29 is 13.9 Å². The fourth-order valence-corrected chi connectivity index (χ4v) is 3.61. The van der Waals surface area contributed by atoms with Gasteiger partial charge in [-0.1, -0.05) is 35.2 Å². The van der Waals surface area contributed by atoms with Crippen LogP contribution in [0.2, 0.25) is 0 Å². The summed E-state index contributed by atoms with van der Waals surface area (Å²) >= 11 is 2.61. The van der Waals surface area contributed by atoms with E-state index < -0.39 is 5.82 Å². The van der Waals surface area contributed by atoms with E-state index in [1.807, 2.05) is 24.3 Å². The minimum atomic E-state index is -0.396. The Bertz CT molecular complexity index is 904. The molecule has 0 unspecified atom stereocenters. The Morgan fingerprint density at radius 2 is 2.00 bits per heavy atom. The van der Waals surface area contributed by atoms with Crippen molar-refractivity contribution in [2.45, 2.75) is 4.34 Å². The Morgan fingerprint density at radius 3 is 2.81 bits per heavy atom. The highest BCUT2D eigenvalue weighted by molar-refractivity contribution is 8.01.